The van der Waals surface area contributed by atoms with Crippen molar-refractivity contribution < 1.29 is 13.2 Å². The zero-order valence-corrected chi connectivity index (χ0v) is 14.5. The Hall–Kier alpha value is -2.14. The summed E-state index contributed by atoms with van der Waals surface area (Å²) in [5.74, 6) is -0.265. The van der Waals surface area contributed by atoms with E-state index in [0.29, 0.717) is 11.1 Å². The third-order valence-electron chi connectivity index (χ3n) is 4.26. The molecule has 0 unspecified atom stereocenters. The lowest BCUT2D eigenvalue weighted by molar-refractivity contribution is 0.102. The van der Waals surface area contributed by atoms with Crippen LogP contribution in [-0.4, -0.2) is 20.6 Å². The van der Waals surface area contributed by atoms with Gasteiger partial charge < -0.3 is 5.32 Å². The van der Waals surface area contributed by atoms with Gasteiger partial charge in [0.15, 0.2) is 9.84 Å². The molecule has 2 aromatic rings. The second-order valence-electron chi connectivity index (χ2n) is 6.37. The highest BCUT2D eigenvalue weighted by molar-refractivity contribution is 7.89. The van der Waals surface area contributed by atoms with Crippen LogP contribution in [0.15, 0.2) is 42.5 Å². The first-order valence-corrected chi connectivity index (χ1v) is 10.2. The van der Waals surface area contributed by atoms with Crippen LogP contribution in [0, 0.1) is 0 Å². The Morgan fingerprint density at radius 2 is 1.83 bits per heavy atom. The van der Waals surface area contributed by atoms with Crippen LogP contribution in [0.3, 0.4) is 0 Å². The van der Waals surface area contributed by atoms with Crippen LogP contribution in [-0.2, 0) is 28.4 Å². The van der Waals surface area contributed by atoms with E-state index in [9.17, 15) is 13.2 Å². The van der Waals surface area contributed by atoms with Crippen molar-refractivity contribution >= 4 is 21.4 Å². The van der Waals surface area contributed by atoms with Gasteiger partial charge in [0.2, 0.25) is 0 Å². The Balaban J connectivity index is 1.82. The number of amides is 1. The number of carbonyl (C=O) groups excluding carboxylic acids is 1. The van der Waals surface area contributed by atoms with Gasteiger partial charge in [0.1, 0.15) is 0 Å². The van der Waals surface area contributed by atoms with Crippen molar-refractivity contribution in [1.82, 2.24) is 0 Å². The minimum Gasteiger partial charge on any atom is -0.322 e. The van der Waals surface area contributed by atoms with Gasteiger partial charge in [0.25, 0.3) is 5.91 Å². The van der Waals surface area contributed by atoms with Crippen molar-refractivity contribution in [2.45, 2.75) is 31.4 Å². The Kier molecular flexibility index (Phi) is 4.71. The maximum absolute atomic E-state index is 12.6. The monoisotopic (exact) mass is 343 g/mol. The van der Waals surface area contributed by atoms with Gasteiger partial charge in [-0.3, -0.25) is 4.79 Å². The number of anilines is 1. The fraction of sp³-hybridized carbons (Fsp3) is 0.316. The van der Waals surface area contributed by atoms with Crippen LogP contribution in [0.5, 0.6) is 0 Å². The standard InChI is InChI=1S/C19H21NO3S/c1-24(22,23)13-14-6-4-9-16(12-14)19(21)20-18-11-5-8-15-7-2-3-10-17(15)18/h4-6,8-9,11-12H,2-3,7,10,13H2,1H3,(H,20,21). The smallest absolute Gasteiger partial charge is 0.255 e. The molecule has 126 valence electrons. The number of nitrogens with one attached hydrogen (secondary N) is 1. The summed E-state index contributed by atoms with van der Waals surface area (Å²) in [6.07, 6.45) is 5.57. The Labute approximate surface area is 142 Å². The summed E-state index contributed by atoms with van der Waals surface area (Å²) < 4.78 is 22.9. The molecule has 24 heavy (non-hydrogen) atoms. The molecular weight excluding hydrogens is 322 g/mol. The summed E-state index contributed by atoms with van der Waals surface area (Å²) in [5.41, 5.74) is 4.50. The zero-order chi connectivity index (χ0) is 17.2. The van der Waals surface area contributed by atoms with Crippen LogP contribution >= 0.6 is 0 Å². The van der Waals surface area contributed by atoms with Gasteiger partial charge in [0.05, 0.1) is 5.75 Å². The number of benzene rings is 2. The largest absolute Gasteiger partial charge is 0.322 e. The maximum atomic E-state index is 12.6. The number of hydrogen-bond donors (Lipinski definition) is 1. The molecule has 0 aliphatic heterocycles. The molecule has 0 saturated carbocycles. The number of fused-ring (bicyclic) bond motifs is 1. The molecule has 0 spiro atoms. The van der Waals surface area contributed by atoms with Crippen LogP contribution in [0.4, 0.5) is 5.69 Å². The van der Waals surface area contributed by atoms with Crippen molar-refractivity contribution in [3.63, 3.8) is 0 Å². The van der Waals surface area contributed by atoms with Crippen molar-refractivity contribution in [2.75, 3.05) is 11.6 Å². The molecule has 0 aromatic heterocycles. The van der Waals surface area contributed by atoms with Gasteiger partial charge in [-0.2, -0.15) is 0 Å². The number of carbonyl (C=O) groups is 1. The van der Waals surface area contributed by atoms with Crippen molar-refractivity contribution in [3.05, 3.63) is 64.7 Å². The highest BCUT2D eigenvalue weighted by atomic mass is 32.2. The van der Waals surface area contributed by atoms with Crippen LogP contribution in [0.1, 0.15) is 39.9 Å². The van der Waals surface area contributed by atoms with E-state index in [1.807, 2.05) is 12.1 Å². The molecule has 1 N–H and O–H groups in total. The maximum Gasteiger partial charge on any atom is 0.255 e. The van der Waals surface area contributed by atoms with Gasteiger partial charge in [-0.15, -0.1) is 0 Å². The lowest BCUT2D eigenvalue weighted by Gasteiger charge is -2.19. The fourth-order valence-electron chi connectivity index (χ4n) is 3.20. The first-order chi connectivity index (χ1) is 11.4. The highest BCUT2D eigenvalue weighted by Crippen LogP contribution is 2.28. The molecule has 1 aliphatic carbocycles. The van der Waals surface area contributed by atoms with Gasteiger partial charge in [-0.05, 0) is 60.6 Å². The Bertz CT molecular complexity index is 872. The zero-order valence-electron chi connectivity index (χ0n) is 13.7. The third-order valence-corrected chi connectivity index (χ3v) is 5.12. The van der Waals surface area contributed by atoms with E-state index < -0.39 is 9.84 Å². The predicted molar refractivity (Wildman–Crippen MR) is 96.0 cm³/mol. The normalized spacial score (nSPS) is 14.0. The molecule has 0 heterocycles. The molecule has 0 bridgehead atoms. The summed E-state index contributed by atoms with van der Waals surface area (Å²) >= 11 is 0. The van der Waals surface area contributed by atoms with E-state index in [0.717, 1.165) is 24.9 Å². The average Bonchev–Trinajstić information content (AvgIpc) is 2.54. The van der Waals surface area contributed by atoms with E-state index >= 15 is 0 Å². The highest BCUT2D eigenvalue weighted by Gasteiger charge is 2.15. The molecule has 1 amide bonds. The molecule has 0 radical (unpaired) electrons. The van der Waals surface area contributed by atoms with Gasteiger partial charge in [0, 0.05) is 17.5 Å². The van der Waals surface area contributed by atoms with Crippen LogP contribution in [0.25, 0.3) is 0 Å². The minimum atomic E-state index is -3.12. The molecule has 5 heteroatoms. The van der Waals surface area contributed by atoms with Crippen LogP contribution < -0.4 is 5.32 Å². The molecular formula is C19H21NO3S. The topological polar surface area (TPSA) is 63.2 Å². The fourth-order valence-corrected chi connectivity index (χ4v) is 3.98. The second-order valence-corrected chi connectivity index (χ2v) is 8.52. The summed E-state index contributed by atoms with van der Waals surface area (Å²) in [6, 6.07) is 12.8. The lowest BCUT2D eigenvalue weighted by atomic mass is 9.90. The molecule has 3 rings (SSSR count). The second kappa shape index (κ2) is 6.77. The molecule has 1 aliphatic rings. The minimum absolute atomic E-state index is 0.0607. The first-order valence-electron chi connectivity index (χ1n) is 8.11. The predicted octanol–water partition coefficient (Wildman–Crippen LogP) is 3.36. The summed E-state index contributed by atoms with van der Waals surface area (Å²) in [5, 5.41) is 2.99. The molecule has 0 atom stereocenters. The molecule has 4 nitrogen and oxygen atoms in total. The van der Waals surface area contributed by atoms with Gasteiger partial charge in [-0.1, -0.05) is 24.3 Å². The first kappa shape index (κ1) is 16.7. The summed E-state index contributed by atoms with van der Waals surface area (Å²) in [4.78, 5) is 12.6. The van der Waals surface area contributed by atoms with Gasteiger partial charge in [-0.25, -0.2) is 8.42 Å². The number of hydrogen-bond acceptors (Lipinski definition) is 3. The van der Waals surface area contributed by atoms with Crippen LogP contribution in [0.2, 0.25) is 0 Å². The SMILES string of the molecule is CS(=O)(=O)Cc1cccc(C(=O)Nc2cccc3c2CCCC3)c1. The number of sulfone groups is 1. The van der Waals surface area contributed by atoms with Crippen molar-refractivity contribution in [3.8, 4) is 0 Å². The average molecular weight is 343 g/mol. The van der Waals surface area contributed by atoms with Crippen molar-refractivity contribution in [2.24, 2.45) is 0 Å². The summed E-state index contributed by atoms with van der Waals surface area (Å²) in [7, 11) is -3.12. The third kappa shape index (κ3) is 4.03. The van der Waals surface area contributed by atoms with E-state index in [2.05, 4.69) is 11.4 Å². The summed E-state index contributed by atoms with van der Waals surface area (Å²) in [6.45, 7) is 0. The number of aryl methyl sites for hydroxylation is 1. The van der Waals surface area contributed by atoms with E-state index in [1.54, 1.807) is 24.3 Å². The van der Waals surface area contributed by atoms with E-state index in [1.165, 1.54) is 23.8 Å². The molecule has 0 fully saturated rings. The quantitative estimate of drug-likeness (QED) is 0.926. The lowest BCUT2D eigenvalue weighted by Crippen LogP contribution is -2.15. The molecule has 0 saturated heterocycles. The van der Waals surface area contributed by atoms with Gasteiger partial charge >= 0.3 is 0 Å². The van der Waals surface area contributed by atoms with Crippen molar-refractivity contribution in [1.29, 1.82) is 0 Å². The number of rotatable bonds is 4. The van der Waals surface area contributed by atoms with E-state index in [-0.39, 0.29) is 11.7 Å². The Morgan fingerprint density at radius 1 is 1.08 bits per heavy atom. The molecule has 2 aromatic carbocycles. The van der Waals surface area contributed by atoms with E-state index in [4.69, 9.17) is 0 Å². The Morgan fingerprint density at radius 3 is 2.62 bits per heavy atom.